The maximum Gasteiger partial charge on any atom is 0.332 e. The molecule has 0 saturated carbocycles. The Labute approximate surface area is 114 Å². The fraction of sp³-hybridized carbons (Fsp3) is 1.00. The van der Waals surface area contributed by atoms with Gasteiger partial charge in [-0.15, -0.1) is 0 Å². The standard InChI is InChI=1S/C6H14O3.C5H9O4P/c7-3-1-2-6(4-8)5-9;6-1-5-2-7-10(8-3-5)9-4-5/h6-9H,1-5H2;6H,1-4H2. The lowest BCUT2D eigenvalue weighted by molar-refractivity contribution is -0.0965. The molecule has 3 rings (SSSR count). The number of hydrogen-bond acceptors (Lipinski definition) is 7. The zero-order chi connectivity index (χ0) is 14.1. The molecule has 0 unspecified atom stereocenters. The fourth-order valence-corrected chi connectivity index (χ4v) is 2.92. The molecule has 0 aromatic rings. The summed E-state index contributed by atoms with van der Waals surface area (Å²) in [5.74, 6) is -0.0443. The average Bonchev–Trinajstić information content (AvgIpc) is 2.51. The van der Waals surface area contributed by atoms with E-state index in [4.69, 9.17) is 34.0 Å². The number of hydrogen-bond donors (Lipinski definition) is 4. The maximum atomic E-state index is 8.93. The molecule has 19 heavy (non-hydrogen) atoms. The molecule has 0 amide bonds. The highest BCUT2D eigenvalue weighted by Crippen LogP contribution is 2.52. The quantitative estimate of drug-likeness (QED) is 0.495. The lowest BCUT2D eigenvalue weighted by Crippen LogP contribution is -2.46. The van der Waals surface area contributed by atoms with Crippen molar-refractivity contribution in [2.24, 2.45) is 11.3 Å². The summed E-state index contributed by atoms with van der Waals surface area (Å²) in [4.78, 5) is 0. The molecule has 0 aromatic carbocycles. The molecular weight excluding hydrogens is 275 g/mol. The monoisotopic (exact) mass is 298 g/mol. The summed E-state index contributed by atoms with van der Waals surface area (Å²) < 4.78 is 15.4. The van der Waals surface area contributed by atoms with E-state index in [2.05, 4.69) is 0 Å². The van der Waals surface area contributed by atoms with Gasteiger partial charge in [0.1, 0.15) is 0 Å². The van der Waals surface area contributed by atoms with E-state index in [1.165, 1.54) is 0 Å². The van der Waals surface area contributed by atoms with Crippen LogP contribution in [0.25, 0.3) is 0 Å². The average molecular weight is 298 g/mol. The maximum absolute atomic E-state index is 8.93. The highest BCUT2D eigenvalue weighted by Gasteiger charge is 2.44. The van der Waals surface area contributed by atoms with Crippen LogP contribution >= 0.6 is 8.60 Å². The van der Waals surface area contributed by atoms with Gasteiger partial charge in [-0.05, 0) is 12.8 Å². The smallest absolute Gasteiger partial charge is 0.332 e. The van der Waals surface area contributed by atoms with Gasteiger partial charge in [0.15, 0.2) is 0 Å². The molecule has 0 radical (unpaired) electrons. The van der Waals surface area contributed by atoms with Crippen LogP contribution in [0.2, 0.25) is 0 Å². The topological polar surface area (TPSA) is 109 Å². The van der Waals surface area contributed by atoms with Crippen LogP contribution < -0.4 is 0 Å². The Balaban J connectivity index is 0.000000192. The van der Waals surface area contributed by atoms with Gasteiger partial charge in [-0.2, -0.15) is 0 Å². The first kappa shape index (κ1) is 17.2. The molecule has 3 fully saturated rings. The molecule has 3 saturated heterocycles. The van der Waals surface area contributed by atoms with Crippen LogP contribution in [-0.4, -0.2) is 66.7 Å². The molecule has 4 N–H and O–H groups in total. The van der Waals surface area contributed by atoms with Gasteiger partial charge >= 0.3 is 8.60 Å². The van der Waals surface area contributed by atoms with Crippen molar-refractivity contribution in [3.63, 3.8) is 0 Å². The largest absolute Gasteiger partial charge is 0.396 e. The van der Waals surface area contributed by atoms with Crippen LogP contribution in [0.15, 0.2) is 0 Å². The lowest BCUT2D eigenvalue weighted by atomic mass is 9.93. The van der Waals surface area contributed by atoms with Crippen molar-refractivity contribution in [3.8, 4) is 0 Å². The first-order valence-electron chi connectivity index (χ1n) is 6.32. The Morgan fingerprint density at radius 3 is 1.79 bits per heavy atom. The molecule has 2 bridgehead atoms. The van der Waals surface area contributed by atoms with Gasteiger partial charge in [-0.1, -0.05) is 0 Å². The molecule has 3 aliphatic heterocycles. The second kappa shape index (κ2) is 9.15. The van der Waals surface area contributed by atoms with Crippen molar-refractivity contribution >= 4 is 8.60 Å². The number of aliphatic hydroxyl groups excluding tert-OH is 4. The number of aliphatic hydroxyl groups is 4. The molecule has 0 atom stereocenters. The van der Waals surface area contributed by atoms with Gasteiger partial charge < -0.3 is 34.0 Å². The van der Waals surface area contributed by atoms with Crippen molar-refractivity contribution in [2.75, 3.05) is 46.2 Å². The van der Waals surface area contributed by atoms with E-state index in [1.807, 2.05) is 0 Å². The molecule has 8 heteroatoms. The third-order valence-corrected chi connectivity index (χ3v) is 4.07. The molecular formula is C11H23O7P. The van der Waals surface area contributed by atoms with Crippen molar-refractivity contribution < 1.29 is 34.0 Å². The van der Waals surface area contributed by atoms with Crippen LogP contribution in [0.3, 0.4) is 0 Å². The van der Waals surface area contributed by atoms with Gasteiger partial charge in [0.05, 0.1) is 31.8 Å². The number of fused-ring (bicyclic) bond motifs is 3. The minimum Gasteiger partial charge on any atom is -0.396 e. The van der Waals surface area contributed by atoms with E-state index in [1.54, 1.807) is 0 Å². The van der Waals surface area contributed by atoms with Gasteiger partial charge in [-0.25, -0.2) is 0 Å². The van der Waals surface area contributed by atoms with Crippen molar-refractivity contribution in [1.82, 2.24) is 0 Å². The van der Waals surface area contributed by atoms with Gasteiger partial charge in [0.25, 0.3) is 0 Å². The molecule has 0 aromatic heterocycles. The molecule has 3 heterocycles. The second-order valence-electron chi connectivity index (χ2n) is 4.80. The van der Waals surface area contributed by atoms with E-state index in [9.17, 15) is 0 Å². The summed E-state index contributed by atoms with van der Waals surface area (Å²) in [7, 11) is -1.05. The molecule has 0 aliphatic carbocycles. The second-order valence-corrected chi connectivity index (χ2v) is 6.02. The first-order chi connectivity index (χ1) is 9.19. The Bertz CT molecular complexity index is 215. The summed E-state index contributed by atoms with van der Waals surface area (Å²) in [6.07, 6.45) is 1.36. The predicted octanol–water partition coefficient (Wildman–Crippen LogP) is -0.371. The van der Waals surface area contributed by atoms with E-state index in [0.717, 1.165) is 0 Å². The zero-order valence-electron chi connectivity index (χ0n) is 10.9. The third kappa shape index (κ3) is 5.57. The molecule has 114 valence electrons. The Hall–Kier alpha value is 0.150. The normalized spacial score (nSPS) is 29.2. The summed E-state index contributed by atoms with van der Waals surface area (Å²) in [5, 5.41) is 34.3. The summed E-state index contributed by atoms with van der Waals surface area (Å²) in [5.41, 5.74) is -0.267. The van der Waals surface area contributed by atoms with Crippen molar-refractivity contribution in [3.05, 3.63) is 0 Å². The SMILES string of the molecule is OCC12COP(OC1)OC2.OCCCC(CO)CO. The third-order valence-electron chi connectivity index (χ3n) is 3.05. The molecule has 0 spiro atoms. The minimum atomic E-state index is -1.05. The summed E-state index contributed by atoms with van der Waals surface area (Å²) >= 11 is 0. The van der Waals surface area contributed by atoms with Crippen LogP contribution in [0.1, 0.15) is 12.8 Å². The highest BCUT2D eigenvalue weighted by molar-refractivity contribution is 7.41. The van der Waals surface area contributed by atoms with Crippen LogP contribution in [0, 0.1) is 11.3 Å². The molecule has 3 aliphatic rings. The summed E-state index contributed by atoms with van der Waals surface area (Å²) in [6.45, 7) is 1.97. The van der Waals surface area contributed by atoms with E-state index in [-0.39, 0.29) is 37.8 Å². The fourth-order valence-electron chi connectivity index (χ4n) is 1.56. The Morgan fingerprint density at radius 2 is 1.47 bits per heavy atom. The van der Waals surface area contributed by atoms with Crippen molar-refractivity contribution in [1.29, 1.82) is 0 Å². The van der Waals surface area contributed by atoms with E-state index >= 15 is 0 Å². The van der Waals surface area contributed by atoms with Crippen LogP contribution in [-0.2, 0) is 13.6 Å². The lowest BCUT2D eigenvalue weighted by Gasteiger charge is -2.42. The highest BCUT2D eigenvalue weighted by atomic mass is 31.2. The predicted molar refractivity (Wildman–Crippen MR) is 68.3 cm³/mol. The van der Waals surface area contributed by atoms with E-state index in [0.29, 0.717) is 32.7 Å². The van der Waals surface area contributed by atoms with Gasteiger partial charge in [0.2, 0.25) is 0 Å². The first-order valence-corrected chi connectivity index (χ1v) is 7.41. The summed E-state index contributed by atoms with van der Waals surface area (Å²) in [6, 6.07) is 0. The van der Waals surface area contributed by atoms with Crippen molar-refractivity contribution in [2.45, 2.75) is 12.8 Å². The van der Waals surface area contributed by atoms with E-state index < -0.39 is 8.60 Å². The Morgan fingerprint density at radius 1 is 0.947 bits per heavy atom. The van der Waals surface area contributed by atoms with Gasteiger partial charge in [-0.3, -0.25) is 0 Å². The van der Waals surface area contributed by atoms with Crippen LogP contribution in [0.5, 0.6) is 0 Å². The van der Waals surface area contributed by atoms with Crippen LogP contribution in [0.4, 0.5) is 0 Å². The number of rotatable bonds is 6. The van der Waals surface area contributed by atoms with Gasteiger partial charge in [0, 0.05) is 25.7 Å². The Kier molecular flexibility index (Phi) is 8.29. The molecule has 7 nitrogen and oxygen atoms in total. The zero-order valence-corrected chi connectivity index (χ0v) is 11.8. The minimum absolute atomic E-state index is 0.0104.